The van der Waals surface area contributed by atoms with Gasteiger partial charge in [0.1, 0.15) is 0 Å². The van der Waals surface area contributed by atoms with Gasteiger partial charge >= 0.3 is 0 Å². The monoisotopic (exact) mass is 317 g/mol. The molecule has 1 N–H and O–H groups in total. The highest BCUT2D eigenvalue weighted by molar-refractivity contribution is 7.88. The molecule has 120 valence electrons. The lowest BCUT2D eigenvalue weighted by atomic mass is 9.96. The van der Waals surface area contributed by atoms with Gasteiger partial charge in [-0.05, 0) is 18.8 Å². The van der Waals surface area contributed by atoms with Crippen LogP contribution in [0.2, 0.25) is 0 Å². The second-order valence-electron chi connectivity index (χ2n) is 6.09. The first-order valence-corrected chi connectivity index (χ1v) is 9.13. The third-order valence-electron chi connectivity index (χ3n) is 4.16. The van der Waals surface area contributed by atoms with Crippen LogP contribution in [0.25, 0.3) is 0 Å². The van der Waals surface area contributed by atoms with Gasteiger partial charge in [-0.25, -0.2) is 13.1 Å². The van der Waals surface area contributed by atoms with Crippen LogP contribution in [-0.4, -0.2) is 69.5 Å². The molecule has 2 fully saturated rings. The number of nitrogens with zero attached hydrogens (tertiary/aromatic N) is 2. The van der Waals surface area contributed by atoms with E-state index in [2.05, 4.69) is 4.72 Å². The third-order valence-corrected chi connectivity index (χ3v) is 4.85. The number of hydrogen-bond donors (Lipinski definition) is 1. The molecule has 2 amide bonds. The van der Waals surface area contributed by atoms with E-state index in [9.17, 15) is 18.0 Å². The summed E-state index contributed by atoms with van der Waals surface area (Å²) in [5.74, 6) is -0.0613. The molecular weight excluding hydrogens is 294 g/mol. The molecule has 2 heterocycles. The molecule has 2 aliphatic heterocycles. The van der Waals surface area contributed by atoms with Crippen LogP contribution in [0.3, 0.4) is 0 Å². The summed E-state index contributed by atoms with van der Waals surface area (Å²) in [6.07, 6.45) is 3.21. The zero-order valence-electron chi connectivity index (χ0n) is 12.5. The van der Waals surface area contributed by atoms with Gasteiger partial charge in [-0.15, -0.1) is 0 Å². The highest BCUT2D eigenvalue weighted by Crippen LogP contribution is 2.23. The van der Waals surface area contributed by atoms with E-state index in [0.29, 0.717) is 26.2 Å². The van der Waals surface area contributed by atoms with Crippen molar-refractivity contribution in [3.05, 3.63) is 0 Å². The van der Waals surface area contributed by atoms with E-state index < -0.39 is 10.0 Å². The Morgan fingerprint density at radius 2 is 2.10 bits per heavy atom. The highest BCUT2D eigenvalue weighted by Gasteiger charge is 2.36. The molecule has 0 aromatic rings. The summed E-state index contributed by atoms with van der Waals surface area (Å²) in [6, 6.07) is 0. The molecule has 0 bridgehead atoms. The molecule has 7 nitrogen and oxygen atoms in total. The van der Waals surface area contributed by atoms with E-state index in [1.165, 1.54) is 0 Å². The molecule has 0 radical (unpaired) electrons. The summed E-state index contributed by atoms with van der Waals surface area (Å²) in [4.78, 5) is 27.4. The summed E-state index contributed by atoms with van der Waals surface area (Å²) in [7, 11) is -1.48. The fourth-order valence-corrected chi connectivity index (χ4v) is 3.53. The van der Waals surface area contributed by atoms with Crippen molar-refractivity contribution in [1.29, 1.82) is 0 Å². The van der Waals surface area contributed by atoms with Crippen molar-refractivity contribution in [3.8, 4) is 0 Å². The Morgan fingerprint density at radius 3 is 2.67 bits per heavy atom. The number of nitrogens with one attached hydrogen (secondary N) is 1. The fraction of sp³-hybridized carbons (Fsp3) is 0.846. The predicted octanol–water partition coefficient (Wildman–Crippen LogP) is -0.747. The molecule has 21 heavy (non-hydrogen) atoms. The SMILES string of the molecule is CN1C[C@@H](C(=O)N2CCC[C@H](CNS(C)(=O)=O)C2)CC1=O. The van der Waals surface area contributed by atoms with Crippen molar-refractivity contribution in [2.24, 2.45) is 11.8 Å². The molecule has 0 aliphatic carbocycles. The van der Waals surface area contributed by atoms with Crippen LogP contribution in [-0.2, 0) is 19.6 Å². The largest absolute Gasteiger partial charge is 0.345 e. The normalized spacial score (nSPS) is 27.2. The Morgan fingerprint density at radius 1 is 1.38 bits per heavy atom. The van der Waals surface area contributed by atoms with Gasteiger partial charge in [0.25, 0.3) is 0 Å². The number of carbonyl (C=O) groups excluding carboxylic acids is 2. The first-order valence-electron chi connectivity index (χ1n) is 7.23. The Balaban J connectivity index is 1.89. The number of likely N-dealkylation sites (tertiary alicyclic amines) is 2. The van der Waals surface area contributed by atoms with Crippen molar-refractivity contribution in [2.45, 2.75) is 19.3 Å². The lowest BCUT2D eigenvalue weighted by molar-refractivity contribution is -0.137. The average Bonchev–Trinajstić information content (AvgIpc) is 2.75. The molecule has 0 unspecified atom stereocenters. The van der Waals surface area contributed by atoms with E-state index in [4.69, 9.17) is 0 Å². The Hall–Kier alpha value is -1.15. The van der Waals surface area contributed by atoms with Gasteiger partial charge in [-0.2, -0.15) is 0 Å². The number of hydrogen-bond acceptors (Lipinski definition) is 4. The summed E-state index contributed by atoms with van der Waals surface area (Å²) in [5, 5.41) is 0. The molecule has 2 rings (SSSR count). The van der Waals surface area contributed by atoms with Crippen molar-refractivity contribution >= 4 is 21.8 Å². The minimum atomic E-state index is -3.20. The first-order chi connectivity index (χ1) is 9.76. The number of piperidine rings is 1. The van der Waals surface area contributed by atoms with Crippen LogP contribution in [0, 0.1) is 11.8 Å². The van der Waals surface area contributed by atoms with Crippen LogP contribution in [0.15, 0.2) is 0 Å². The van der Waals surface area contributed by atoms with Crippen molar-refractivity contribution in [3.63, 3.8) is 0 Å². The maximum Gasteiger partial charge on any atom is 0.228 e. The molecule has 2 saturated heterocycles. The van der Waals surface area contributed by atoms with Gasteiger partial charge in [0.2, 0.25) is 21.8 Å². The maximum absolute atomic E-state index is 12.4. The standard InChI is InChI=1S/C13H23N3O4S/c1-15-9-11(6-12(15)17)13(18)16-5-3-4-10(8-16)7-14-21(2,19)20/h10-11,14H,3-9H2,1-2H3/t10-,11+/m1/s1. The minimum Gasteiger partial charge on any atom is -0.345 e. The van der Waals surface area contributed by atoms with E-state index >= 15 is 0 Å². The van der Waals surface area contributed by atoms with Crippen LogP contribution in [0.4, 0.5) is 0 Å². The predicted molar refractivity (Wildman–Crippen MR) is 77.9 cm³/mol. The molecule has 2 aliphatic rings. The van der Waals surface area contributed by atoms with Gasteiger partial charge in [-0.1, -0.05) is 0 Å². The highest BCUT2D eigenvalue weighted by atomic mass is 32.2. The lowest BCUT2D eigenvalue weighted by Gasteiger charge is -2.34. The third kappa shape index (κ3) is 4.41. The lowest BCUT2D eigenvalue weighted by Crippen LogP contribution is -2.46. The van der Waals surface area contributed by atoms with E-state index in [0.717, 1.165) is 19.1 Å². The van der Waals surface area contributed by atoms with Gasteiger partial charge in [0.05, 0.1) is 12.2 Å². The van der Waals surface area contributed by atoms with Crippen molar-refractivity contribution < 1.29 is 18.0 Å². The molecule has 0 saturated carbocycles. The van der Waals surface area contributed by atoms with Crippen LogP contribution < -0.4 is 4.72 Å². The molecular formula is C13H23N3O4S. The zero-order chi connectivity index (χ0) is 15.6. The number of rotatable bonds is 4. The Bertz CT molecular complexity index is 520. The summed E-state index contributed by atoms with van der Waals surface area (Å²) >= 11 is 0. The van der Waals surface area contributed by atoms with E-state index in [1.807, 2.05) is 0 Å². The van der Waals surface area contributed by atoms with Crippen LogP contribution >= 0.6 is 0 Å². The second-order valence-corrected chi connectivity index (χ2v) is 7.92. The van der Waals surface area contributed by atoms with Crippen LogP contribution in [0.5, 0.6) is 0 Å². The fourth-order valence-electron chi connectivity index (χ4n) is 2.99. The smallest absolute Gasteiger partial charge is 0.228 e. The van der Waals surface area contributed by atoms with Crippen molar-refractivity contribution in [2.75, 3.05) is 39.5 Å². The average molecular weight is 317 g/mol. The van der Waals surface area contributed by atoms with Crippen LogP contribution in [0.1, 0.15) is 19.3 Å². The molecule has 0 aromatic heterocycles. The number of carbonyl (C=O) groups is 2. The van der Waals surface area contributed by atoms with Gasteiger partial charge in [0.15, 0.2) is 0 Å². The zero-order valence-corrected chi connectivity index (χ0v) is 13.4. The summed E-state index contributed by atoms with van der Waals surface area (Å²) in [6.45, 7) is 2.12. The minimum absolute atomic E-state index is 0.0145. The van der Waals surface area contributed by atoms with E-state index in [1.54, 1.807) is 16.8 Å². The second kappa shape index (κ2) is 6.31. The van der Waals surface area contributed by atoms with Gasteiger partial charge in [-0.3, -0.25) is 9.59 Å². The molecule has 0 aromatic carbocycles. The topological polar surface area (TPSA) is 86.8 Å². The van der Waals surface area contributed by atoms with Gasteiger partial charge < -0.3 is 9.80 Å². The maximum atomic E-state index is 12.4. The molecule has 2 atom stereocenters. The number of amides is 2. The quantitative estimate of drug-likeness (QED) is 0.739. The van der Waals surface area contributed by atoms with E-state index in [-0.39, 0.29) is 30.1 Å². The first kappa shape index (κ1) is 16.2. The van der Waals surface area contributed by atoms with Crippen molar-refractivity contribution in [1.82, 2.24) is 14.5 Å². The molecule has 8 heteroatoms. The Kier molecular flexibility index (Phi) is 4.88. The summed E-state index contributed by atoms with van der Waals surface area (Å²) in [5.41, 5.74) is 0. The Labute approximate surface area is 125 Å². The summed E-state index contributed by atoms with van der Waals surface area (Å²) < 4.78 is 24.8. The number of sulfonamides is 1. The molecule has 0 spiro atoms. The van der Waals surface area contributed by atoms with Gasteiger partial charge in [0, 0.05) is 39.6 Å².